The van der Waals surface area contributed by atoms with Crippen molar-refractivity contribution in [1.82, 2.24) is 10.9 Å². The second-order valence-electron chi connectivity index (χ2n) is 5.91. The number of para-hydroxylation sites is 1. The van der Waals surface area contributed by atoms with Crippen LogP contribution in [-0.4, -0.2) is 35.5 Å². The van der Waals surface area contributed by atoms with Crippen molar-refractivity contribution in [3.8, 4) is 11.5 Å². The van der Waals surface area contributed by atoms with Crippen LogP contribution in [0.1, 0.15) is 18.1 Å². The van der Waals surface area contributed by atoms with Gasteiger partial charge in [-0.25, -0.2) is 10.9 Å². The molecule has 0 bridgehead atoms. The monoisotopic (exact) mass is 378 g/mol. The topological polar surface area (TPSA) is 112 Å². The Labute approximate surface area is 161 Å². The number of amides is 2. The molecule has 0 saturated heterocycles. The minimum atomic E-state index is -0.438. The first kappa shape index (κ1) is 18.8. The first-order valence-corrected chi connectivity index (χ1v) is 8.42. The molecular formula is C20H18N4O4. The lowest BCUT2D eigenvalue weighted by atomic mass is 10.1. The fraction of sp³-hybridized carbons (Fsp3) is 0.100. The number of ether oxygens (including phenoxy) is 1. The first-order valence-electron chi connectivity index (χ1n) is 8.42. The van der Waals surface area contributed by atoms with E-state index in [4.69, 9.17) is 4.74 Å². The van der Waals surface area contributed by atoms with Crippen LogP contribution in [0.15, 0.2) is 64.3 Å². The average molecular weight is 378 g/mol. The molecule has 2 aromatic carbocycles. The van der Waals surface area contributed by atoms with Gasteiger partial charge in [0.2, 0.25) is 0 Å². The molecule has 0 fully saturated rings. The van der Waals surface area contributed by atoms with Gasteiger partial charge in [-0.2, -0.15) is 10.2 Å². The molecule has 0 saturated carbocycles. The molecule has 1 heterocycles. The van der Waals surface area contributed by atoms with E-state index in [1.54, 1.807) is 55.5 Å². The van der Waals surface area contributed by atoms with E-state index >= 15 is 0 Å². The number of nitrogens with one attached hydrogen (secondary N) is 2. The SMILES string of the molecule is CC1=NNC(=O)/C1=C\c1ccc(OCC(=O)N/N=C/c2ccccc2O)cc1. The molecule has 2 amide bonds. The van der Waals surface area contributed by atoms with Gasteiger partial charge in [-0.05, 0) is 42.8 Å². The molecule has 142 valence electrons. The summed E-state index contributed by atoms with van der Waals surface area (Å²) in [6.45, 7) is 1.54. The van der Waals surface area contributed by atoms with E-state index in [2.05, 4.69) is 21.1 Å². The van der Waals surface area contributed by atoms with Gasteiger partial charge in [0.15, 0.2) is 6.61 Å². The molecule has 0 atom stereocenters. The number of benzene rings is 2. The van der Waals surface area contributed by atoms with Crippen molar-refractivity contribution < 1.29 is 19.4 Å². The highest BCUT2D eigenvalue weighted by atomic mass is 16.5. The van der Waals surface area contributed by atoms with Crippen LogP contribution in [0.3, 0.4) is 0 Å². The quantitative estimate of drug-likeness (QED) is 0.404. The van der Waals surface area contributed by atoms with Crippen molar-refractivity contribution >= 4 is 29.8 Å². The Morgan fingerprint density at radius 3 is 2.68 bits per heavy atom. The number of aromatic hydroxyl groups is 1. The van der Waals surface area contributed by atoms with Crippen LogP contribution < -0.4 is 15.6 Å². The standard InChI is InChI=1S/C20H18N4O4/c1-13-17(20(27)24-22-13)10-14-6-8-16(9-7-14)28-12-19(26)23-21-11-15-4-2-3-5-18(15)25/h2-11,25H,12H2,1H3,(H,23,26)(H,24,27)/b17-10-,21-11+. The molecule has 28 heavy (non-hydrogen) atoms. The van der Waals surface area contributed by atoms with Crippen molar-refractivity contribution in [2.24, 2.45) is 10.2 Å². The molecular weight excluding hydrogens is 360 g/mol. The molecule has 3 rings (SSSR count). The minimum absolute atomic E-state index is 0.0726. The fourth-order valence-electron chi connectivity index (χ4n) is 2.37. The molecule has 3 N–H and O–H groups in total. The summed E-state index contributed by atoms with van der Waals surface area (Å²) in [7, 11) is 0. The zero-order valence-corrected chi connectivity index (χ0v) is 15.0. The van der Waals surface area contributed by atoms with Crippen LogP contribution in [-0.2, 0) is 9.59 Å². The number of hydrazone groups is 2. The summed E-state index contributed by atoms with van der Waals surface area (Å²) in [5.74, 6) is -0.0993. The van der Waals surface area contributed by atoms with Gasteiger partial charge in [-0.1, -0.05) is 24.3 Å². The highest BCUT2D eigenvalue weighted by Crippen LogP contribution is 2.16. The summed E-state index contributed by atoms with van der Waals surface area (Å²) < 4.78 is 5.40. The molecule has 8 heteroatoms. The maximum absolute atomic E-state index is 11.8. The van der Waals surface area contributed by atoms with E-state index in [-0.39, 0.29) is 18.3 Å². The number of hydrogen-bond donors (Lipinski definition) is 3. The molecule has 2 aromatic rings. The highest BCUT2D eigenvalue weighted by molar-refractivity contribution is 6.26. The van der Waals surface area contributed by atoms with Crippen LogP contribution in [0.5, 0.6) is 11.5 Å². The normalized spacial score (nSPS) is 14.8. The average Bonchev–Trinajstić information content (AvgIpc) is 3.01. The molecule has 0 radical (unpaired) electrons. The van der Waals surface area contributed by atoms with Crippen molar-refractivity contribution in [3.05, 3.63) is 65.2 Å². The number of phenolic OH excluding ortho intramolecular Hbond substituents is 1. The van der Waals surface area contributed by atoms with Crippen molar-refractivity contribution in [3.63, 3.8) is 0 Å². The maximum atomic E-state index is 11.8. The molecule has 8 nitrogen and oxygen atoms in total. The number of carbonyl (C=O) groups excluding carboxylic acids is 2. The van der Waals surface area contributed by atoms with Gasteiger partial charge < -0.3 is 9.84 Å². The van der Waals surface area contributed by atoms with E-state index < -0.39 is 5.91 Å². The van der Waals surface area contributed by atoms with E-state index in [1.807, 2.05) is 0 Å². The van der Waals surface area contributed by atoms with Gasteiger partial charge in [-0.15, -0.1) is 0 Å². The van der Waals surface area contributed by atoms with E-state index in [1.165, 1.54) is 12.3 Å². The summed E-state index contributed by atoms with van der Waals surface area (Å²) >= 11 is 0. The summed E-state index contributed by atoms with van der Waals surface area (Å²) in [5, 5.41) is 17.3. The second-order valence-corrected chi connectivity index (χ2v) is 5.91. The Morgan fingerprint density at radius 2 is 2.00 bits per heavy atom. The fourth-order valence-corrected chi connectivity index (χ4v) is 2.37. The van der Waals surface area contributed by atoms with Crippen LogP contribution >= 0.6 is 0 Å². The Morgan fingerprint density at radius 1 is 1.25 bits per heavy atom. The van der Waals surface area contributed by atoms with Crippen molar-refractivity contribution in [2.45, 2.75) is 6.92 Å². The smallest absolute Gasteiger partial charge is 0.277 e. The second kappa shape index (κ2) is 8.63. The Kier molecular flexibility index (Phi) is 5.81. The molecule has 0 aromatic heterocycles. The van der Waals surface area contributed by atoms with Crippen molar-refractivity contribution in [1.29, 1.82) is 0 Å². The van der Waals surface area contributed by atoms with Crippen LogP contribution in [0, 0.1) is 0 Å². The molecule has 0 spiro atoms. The van der Waals surface area contributed by atoms with Gasteiger partial charge in [-0.3, -0.25) is 9.59 Å². The maximum Gasteiger partial charge on any atom is 0.277 e. The van der Waals surface area contributed by atoms with Gasteiger partial charge in [0.25, 0.3) is 11.8 Å². The zero-order chi connectivity index (χ0) is 19.9. The molecule has 1 aliphatic rings. The van der Waals surface area contributed by atoms with Crippen molar-refractivity contribution in [2.75, 3.05) is 6.61 Å². The van der Waals surface area contributed by atoms with Gasteiger partial charge in [0, 0.05) is 5.56 Å². The summed E-state index contributed by atoms with van der Waals surface area (Å²) in [4.78, 5) is 23.4. The lowest BCUT2D eigenvalue weighted by molar-refractivity contribution is -0.123. The van der Waals surface area contributed by atoms with E-state index in [9.17, 15) is 14.7 Å². The Balaban J connectivity index is 1.50. The Hall–Kier alpha value is -3.94. The van der Waals surface area contributed by atoms with Gasteiger partial charge >= 0.3 is 0 Å². The van der Waals surface area contributed by atoms with E-state index in [0.717, 1.165) is 5.56 Å². The van der Waals surface area contributed by atoms with Gasteiger partial charge in [0.05, 0.1) is 17.5 Å². The third kappa shape index (κ3) is 4.82. The number of phenols is 1. The van der Waals surface area contributed by atoms with Crippen LogP contribution in [0.2, 0.25) is 0 Å². The molecule has 1 aliphatic heterocycles. The zero-order valence-electron chi connectivity index (χ0n) is 15.0. The predicted molar refractivity (Wildman–Crippen MR) is 105 cm³/mol. The third-order valence-corrected chi connectivity index (χ3v) is 3.85. The van der Waals surface area contributed by atoms with Gasteiger partial charge in [0.1, 0.15) is 11.5 Å². The lowest BCUT2D eigenvalue weighted by Gasteiger charge is -2.05. The first-order chi connectivity index (χ1) is 13.5. The third-order valence-electron chi connectivity index (χ3n) is 3.85. The number of carbonyl (C=O) groups is 2. The minimum Gasteiger partial charge on any atom is -0.507 e. The largest absolute Gasteiger partial charge is 0.507 e. The number of rotatable bonds is 6. The summed E-state index contributed by atoms with van der Waals surface area (Å²) in [6, 6.07) is 13.6. The van der Waals surface area contributed by atoms with Crippen LogP contribution in [0.25, 0.3) is 6.08 Å². The highest BCUT2D eigenvalue weighted by Gasteiger charge is 2.18. The van der Waals surface area contributed by atoms with Crippen LogP contribution in [0.4, 0.5) is 0 Å². The predicted octanol–water partition coefficient (Wildman–Crippen LogP) is 1.81. The Bertz CT molecular complexity index is 978. The summed E-state index contributed by atoms with van der Waals surface area (Å²) in [5.41, 5.74) is 7.17. The number of hydrogen-bond acceptors (Lipinski definition) is 6. The molecule has 0 unspecified atom stereocenters. The lowest BCUT2D eigenvalue weighted by Crippen LogP contribution is -2.24. The number of nitrogens with zero attached hydrogens (tertiary/aromatic N) is 2. The van der Waals surface area contributed by atoms with E-state index in [0.29, 0.717) is 22.6 Å². The summed E-state index contributed by atoms with van der Waals surface area (Å²) in [6.07, 6.45) is 3.07. The molecule has 0 aliphatic carbocycles.